The van der Waals surface area contributed by atoms with E-state index >= 15 is 0 Å². The number of hydrogen-bond donors (Lipinski definition) is 1. The first-order chi connectivity index (χ1) is 7.25. The zero-order valence-corrected chi connectivity index (χ0v) is 8.50. The molecule has 0 aliphatic rings. The second kappa shape index (κ2) is 4.28. The third-order valence-electron chi connectivity index (χ3n) is 1.86. The van der Waals surface area contributed by atoms with E-state index < -0.39 is 5.82 Å². The fraction of sp³-hybridized carbons (Fsp3) is 0. The zero-order chi connectivity index (χ0) is 10.7. The number of pyridine rings is 1. The van der Waals surface area contributed by atoms with Crippen molar-refractivity contribution in [2.75, 3.05) is 5.32 Å². The number of benzene rings is 1. The van der Waals surface area contributed by atoms with Crippen molar-refractivity contribution >= 4 is 23.0 Å². The lowest BCUT2D eigenvalue weighted by atomic mass is 10.3. The van der Waals surface area contributed by atoms with Crippen LogP contribution in [0.2, 0.25) is 5.15 Å². The standard InChI is InChI=1S/C11H8ClFN2/c12-11-10(13)6-9(7-14-11)15-8-4-2-1-3-5-8/h1-7,15H. The third-order valence-corrected chi connectivity index (χ3v) is 2.14. The summed E-state index contributed by atoms with van der Waals surface area (Å²) >= 11 is 5.47. The molecule has 15 heavy (non-hydrogen) atoms. The highest BCUT2D eigenvalue weighted by molar-refractivity contribution is 6.29. The molecule has 1 aromatic carbocycles. The SMILES string of the molecule is Fc1cc(Nc2ccccc2)cnc1Cl. The summed E-state index contributed by atoms with van der Waals surface area (Å²) in [4.78, 5) is 3.70. The second-order valence-corrected chi connectivity index (χ2v) is 3.35. The van der Waals surface area contributed by atoms with Crippen LogP contribution in [0.4, 0.5) is 15.8 Å². The van der Waals surface area contributed by atoms with Gasteiger partial charge in [0.15, 0.2) is 11.0 Å². The topological polar surface area (TPSA) is 24.9 Å². The fourth-order valence-electron chi connectivity index (χ4n) is 1.18. The molecule has 0 aliphatic carbocycles. The molecule has 1 aromatic heterocycles. The number of anilines is 2. The van der Waals surface area contributed by atoms with Crippen LogP contribution >= 0.6 is 11.6 Å². The highest BCUT2D eigenvalue weighted by atomic mass is 35.5. The molecule has 2 nitrogen and oxygen atoms in total. The van der Waals surface area contributed by atoms with Gasteiger partial charge in [-0.1, -0.05) is 29.8 Å². The van der Waals surface area contributed by atoms with Crippen molar-refractivity contribution in [2.45, 2.75) is 0 Å². The van der Waals surface area contributed by atoms with Crippen molar-refractivity contribution in [1.29, 1.82) is 0 Å². The summed E-state index contributed by atoms with van der Waals surface area (Å²) in [6.45, 7) is 0. The summed E-state index contributed by atoms with van der Waals surface area (Å²) in [5.74, 6) is -0.530. The molecule has 0 aliphatic heterocycles. The average molecular weight is 223 g/mol. The van der Waals surface area contributed by atoms with Crippen LogP contribution < -0.4 is 5.32 Å². The van der Waals surface area contributed by atoms with Gasteiger partial charge in [0.1, 0.15) is 0 Å². The Hall–Kier alpha value is -1.61. The molecule has 0 spiro atoms. The van der Waals surface area contributed by atoms with Crippen LogP contribution in [0.15, 0.2) is 42.6 Å². The Labute approximate surface area is 91.7 Å². The van der Waals surface area contributed by atoms with E-state index in [0.29, 0.717) is 5.69 Å². The average Bonchev–Trinajstić information content (AvgIpc) is 2.25. The quantitative estimate of drug-likeness (QED) is 0.785. The van der Waals surface area contributed by atoms with E-state index in [4.69, 9.17) is 11.6 Å². The lowest BCUT2D eigenvalue weighted by Gasteiger charge is -2.05. The van der Waals surface area contributed by atoms with Crippen molar-refractivity contribution in [2.24, 2.45) is 0 Å². The van der Waals surface area contributed by atoms with Gasteiger partial charge >= 0.3 is 0 Å². The minimum atomic E-state index is -0.530. The molecule has 0 radical (unpaired) electrons. The smallest absolute Gasteiger partial charge is 0.164 e. The van der Waals surface area contributed by atoms with E-state index in [1.807, 2.05) is 30.3 Å². The molecule has 0 amide bonds. The predicted octanol–water partition coefficient (Wildman–Crippen LogP) is 3.62. The molecular weight excluding hydrogens is 215 g/mol. The Kier molecular flexibility index (Phi) is 2.83. The first-order valence-corrected chi connectivity index (χ1v) is 4.76. The van der Waals surface area contributed by atoms with Crippen LogP contribution in [0, 0.1) is 5.82 Å². The van der Waals surface area contributed by atoms with E-state index in [1.54, 1.807) is 0 Å². The molecule has 2 aromatic rings. The molecule has 2 rings (SSSR count). The fourth-order valence-corrected chi connectivity index (χ4v) is 1.28. The number of rotatable bonds is 2. The maximum atomic E-state index is 13.0. The van der Waals surface area contributed by atoms with Gasteiger partial charge in [-0.3, -0.25) is 0 Å². The predicted molar refractivity (Wildman–Crippen MR) is 58.9 cm³/mol. The molecule has 0 saturated carbocycles. The third kappa shape index (κ3) is 2.44. The van der Waals surface area contributed by atoms with E-state index in [0.717, 1.165) is 5.69 Å². The van der Waals surface area contributed by atoms with Crippen LogP contribution in [-0.4, -0.2) is 4.98 Å². The number of nitrogens with zero attached hydrogens (tertiary/aromatic N) is 1. The lowest BCUT2D eigenvalue weighted by Crippen LogP contribution is -1.92. The van der Waals surface area contributed by atoms with Crippen LogP contribution in [-0.2, 0) is 0 Å². The summed E-state index contributed by atoms with van der Waals surface area (Å²) in [5, 5.41) is 2.89. The van der Waals surface area contributed by atoms with Gasteiger partial charge in [-0.2, -0.15) is 0 Å². The van der Waals surface area contributed by atoms with Gasteiger partial charge in [0, 0.05) is 11.8 Å². The molecule has 0 saturated heterocycles. The Morgan fingerprint density at radius 3 is 2.53 bits per heavy atom. The Morgan fingerprint density at radius 1 is 1.13 bits per heavy atom. The van der Waals surface area contributed by atoms with Crippen LogP contribution in [0.25, 0.3) is 0 Å². The summed E-state index contributed by atoms with van der Waals surface area (Å²) < 4.78 is 13.0. The van der Waals surface area contributed by atoms with E-state index in [2.05, 4.69) is 10.3 Å². The molecular formula is C11H8ClFN2. The van der Waals surface area contributed by atoms with Crippen molar-refractivity contribution in [3.05, 3.63) is 53.6 Å². The molecule has 1 N–H and O–H groups in total. The van der Waals surface area contributed by atoms with E-state index in [1.165, 1.54) is 12.3 Å². The van der Waals surface area contributed by atoms with Gasteiger partial charge in [0.05, 0.1) is 11.9 Å². The molecule has 0 atom stereocenters. The van der Waals surface area contributed by atoms with Crippen molar-refractivity contribution in [3.8, 4) is 0 Å². The normalized spacial score (nSPS) is 10.0. The van der Waals surface area contributed by atoms with Gasteiger partial charge < -0.3 is 5.32 Å². The number of aromatic nitrogens is 1. The number of halogens is 2. The Bertz CT molecular complexity index is 459. The minimum Gasteiger partial charge on any atom is -0.354 e. The Morgan fingerprint density at radius 2 is 1.87 bits per heavy atom. The summed E-state index contributed by atoms with van der Waals surface area (Å²) in [7, 11) is 0. The first-order valence-electron chi connectivity index (χ1n) is 4.39. The summed E-state index contributed by atoms with van der Waals surface area (Å²) in [5.41, 5.74) is 1.45. The second-order valence-electron chi connectivity index (χ2n) is 2.99. The molecule has 4 heteroatoms. The van der Waals surface area contributed by atoms with Crippen LogP contribution in [0.5, 0.6) is 0 Å². The minimum absolute atomic E-state index is 0.117. The summed E-state index contributed by atoms with van der Waals surface area (Å²) in [6, 6.07) is 10.8. The number of hydrogen-bond acceptors (Lipinski definition) is 2. The van der Waals surface area contributed by atoms with E-state index in [9.17, 15) is 4.39 Å². The highest BCUT2D eigenvalue weighted by Crippen LogP contribution is 2.19. The molecule has 76 valence electrons. The van der Waals surface area contributed by atoms with Gasteiger partial charge in [0.25, 0.3) is 0 Å². The van der Waals surface area contributed by atoms with Gasteiger partial charge in [-0.25, -0.2) is 9.37 Å². The van der Waals surface area contributed by atoms with Crippen molar-refractivity contribution in [3.63, 3.8) is 0 Å². The van der Waals surface area contributed by atoms with Crippen molar-refractivity contribution < 1.29 is 4.39 Å². The summed E-state index contributed by atoms with van der Waals surface area (Å²) in [6.07, 6.45) is 1.48. The zero-order valence-electron chi connectivity index (χ0n) is 7.74. The number of nitrogens with one attached hydrogen (secondary N) is 1. The molecule has 0 unspecified atom stereocenters. The molecule has 1 heterocycles. The van der Waals surface area contributed by atoms with Crippen LogP contribution in [0.1, 0.15) is 0 Å². The maximum absolute atomic E-state index is 13.0. The molecule has 0 bridgehead atoms. The van der Waals surface area contributed by atoms with Crippen molar-refractivity contribution in [1.82, 2.24) is 4.98 Å². The number of para-hydroxylation sites is 1. The Balaban J connectivity index is 2.22. The first kappa shape index (κ1) is 9.93. The molecule has 0 fully saturated rings. The van der Waals surface area contributed by atoms with Gasteiger partial charge in [-0.15, -0.1) is 0 Å². The van der Waals surface area contributed by atoms with E-state index in [-0.39, 0.29) is 5.15 Å². The largest absolute Gasteiger partial charge is 0.354 e. The monoisotopic (exact) mass is 222 g/mol. The van der Waals surface area contributed by atoms with Crippen LogP contribution in [0.3, 0.4) is 0 Å². The lowest BCUT2D eigenvalue weighted by molar-refractivity contribution is 0.622. The van der Waals surface area contributed by atoms with Gasteiger partial charge in [0.2, 0.25) is 0 Å². The maximum Gasteiger partial charge on any atom is 0.164 e. The van der Waals surface area contributed by atoms with Gasteiger partial charge in [-0.05, 0) is 12.1 Å². The highest BCUT2D eigenvalue weighted by Gasteiger charge is 2.02.